The zero-order valence-electron chi connectivity index (χ0n) is 10.7. The van der Waals surface area contributed by atoms with Crippen LogP contribution >= 0.6 is 22.9 Å². The van der Waals surface area contributed by atoms with E-state index in [4.69, 9.17) is 11.6 Å². The summed E-state index contributed by atoms with van der Waals surface area (Å²) >= 11 is 7.62. The maximum atomic E-state index is 10.8. The summed E-state index contributed by atoms with van der Waals surface area (Å²) in [5.41, 5.74) is 2.35. The summed E-state index contributed by atoms with van der Waals surface area (Å²) in [4.78, 5) is 14.9. The molecule has 3 aromatic rings. The maximum Gasteiger partial charge on any atom is 0.270 e. The summed E-state index contributed by atoms with van der Waals surface area (Å²) in [6.45, 7) is 0. The molecule has 0 aliphatic carbocycles. The van der Waals surface area contributed by atoms with Gasteiger partial charge in [-0.25, -0.2) is 4.98 Å². The van der Waals surface area contributed by atoms with E-state index in [-0.39, 0.29) is 5.69 Å². The van der Waals surface area contributed by atoms with E-state index >= 15 is 0 Å². The number of rotatable bonds is 3. The van der Waals surface area contributed by atoms with Crippen LogP contribution in [0.2, 0.25) is 5.02 Å². The van der Waals surface area contributed by atoms with Gasteiger partial charge >= 0.3 is 0 Å². The smallest absolute Gasteiger partial charge is 0.258 e. The van der Waals surface area contributed by atoms with E-state index in [0.29, 0.717) is 10.7 Å². The fourth-order valence-corrected chi connectivity index (χ4v) is 3.09. The molecule has 0 atom stereocenters. The van der Waals surface area contributed by atoms with E-state index in [1.807, 2.05) is 29.6 Å². The largest absolute Gasteiger partial charge is 0.270 e. The molecule has 6 heteroatoms. The Labute approximate surface area is 129 Å². The molecular formula is C15H9ClN2O2S. The zero-order chi connectivity index (χ0) is 14.8. The van der Waals surface area contributed by atoms with Crippen LogP contribution in [0.15, 0.2) is 53.9 Å². The second-order valence-electron chi connectivity index (χ2n) is 4.33. The molecule has 0 radical (unpaired) electrons. The predicted octanol–water partition coefficient (Wildman–Crippen LogP) is 5.04. The predicted molar refractivity (Wildman–Crippen MR) is 84.7 cm³/mol. The van der Waals surface area contributed by atoms with E-state index in [2.05, 4.69) is 4.98 Å². The van der Waals surface area contributed by atoms with Crippen LogP contribution in [0.1, 0.15) is 0 Å². The Hall–Kier alpha value is -2.24. The van der Waals surface area contributed by atoms with Gasteiger partial charge < -0.3 is 0 Å². The Balaban J connectivity index is 2.01. The van der Waals surface area contributed by atoms with Crippen molar-refractivity contribution in [3.05, 3.63) is 69.0 Å². The quantitative estimate of drug-likeness (QED) is 0.502. The highest BCUT2D eigenvalue weighted by Crippen LogP contribution is 2.33. The van der Waals surface area contributed by atoms with Gasteiger partial charge in [-0.2, -0.15) is 0 Å². The molecule has 0 bridgehead atoms. The molecular weight excluding hydrogens is 308 g/mol. The molecule has 0 spiro atoms. The standard InChI is InChI=1S/C15H9ClN2O2S/c16-13-7-2-1-6-12(13)15-17-14(9-21-15)10-4-3-5-11(8-10)18(19)20/h1-9H. The first-order chi connectivity index (χ1) is 10.1. The van der Waals surface area contributed by atoms with Gasteiger partial charge in [-0.3, -0.25) is 10.1 Å². The lowest BCUT2D eigenvalue weighted by atomic mass is 10.1. The average Bonchev–Trinajstić information content (AvgIpc) is 2.97. The zero-order valence-corrected chi connectivity index (χ0v) is 12.3. The number of halogens is 1. The monoisotopic (exact) mass is 316 g/mol. The fourth-order valence-electron chi connectivity index (χ4n) is 1.94. The summed E-state index contributed by atoms with van der Waals surface area (Å²) in [5.74, 6) is 0. The molecule has 1 aromatic heterocycles. The minimum atomic E-state index is -0.412. The first-order valence-electron chi connectivity index (χ1n) is 6.10. The van der Waals surface area contributed by atoms with Crippen molar-refractivity contribution in [3.8, 4) is 21.8 Å². The maximum absolute atomic E-state index is 10.8. The molecule has 0 unspecified atom stereocenters. The first kappa shape index (κ1) is 13.7. The van der Waals surface area contributed by atoms with E-state index in [1.165, 1.54) is 23.5 Å². The summed E-state index contributed by atoms with van der Waals surface area (Å²) in [6.07, 6.45) is 0. The molecule has 0 aliphatic rings. The lowest BCUT2D eigenvalue weighted by Gasteiger charge is -1.99. The third-order valence-electron chi connectivity index (χ3n) is 2.96. The number of nitrogens with zero attached hydrogens (tertiary/aromatic N) is 2. The highest BCUT2D eigenvalue weighted by molar-refractivity contribution is 7.13. The molecule has 0 aliphatic heterocycles. The van der Waals surface area contributed by atoms with E-state index in [1.54, 1.807) is 12.1 Å². The fraction of sp³-hybridized carbons (Fsp3) is 0. The minimum Gasteiger partial charge on any atom is -0.258 e. The van der Waals surface area contributed by atoms with Crippen molar-refractivity contribution in [2.24, 2.45) is 0 Å². The Morgan fingerprint density at radius 2 is 1.95 bits per heavy atom. The van der Waals surface area contributed by atoms with Crippen molar-refractivity contribution in [3.63, 3.8) is 0 Å². The molecule has 3 rings (SSSR count). The number of benzene rings is 2. The highest BCUT2D eigenvalue weighted by Gasteiger charge is 2.12. The second kappa shape index (κ2) is 5.63. The van der Waals surface area contributed by atoms with Gasteiger partial charge in [-0.05, 0) is 6.07 Å². The Kier molecular flexibility index (Phi) is 3.68. The first-order valence-corrected chi connectivity index (χ1v) is 7.36. The molecule has 0 amide bonds. The number of thiazole rings is 1. The summed E-state index contributed by atoms with van der Waals surface area (Å²) in [7, 11) is 0. The molecule has 1 heterocycles. The Morgan fingerprint density at radius 1 is 1.14 bits per heavy atom. The van der Waals surface area contributed by atoms with Crippen molar-refractivity contribution in [2.45, 2.75) is 0 Å². The van der Waals surface area contributed by atoms with E-state index < -0.39 is 4.92 Å². The lowest BCUT2D eigenvalue weighted by molar-refractivity contribution is -0.384. The number of non-ortho nitro benzene ring substituents is 1. The van der Waals surface area contributed by atoms with Crippen molar-refractivity contribution < 1.29 is 4.92 Å². The topological polar surface area (TPSA) is 56.0 Å². The number of hydrogen-bond donors (Lipinski definition) is 0. The van der Waals surface area contributed by atoms with Crippen LogP contribution in [0.5, 0.6) is 0 Å². The van der Waals surface area contributed by atoms with E-state index in [9.17, 15) is 10.1 Å². The molecule has 21 heavy (non-hydrogen) atoms. The van der Waals surface area contributed by atoms with E-state index in [0.717, 1.165) is 16.1 Å². The summed E-state index contributed by atoms with van der Waals surface area (Å²) in [6, 6.07) is 13.9. The average molecular weight is 317 g/mol. The van der Waals surface area contributed by atoms with Gasteiger partial charge in [0.25, 0.3) is 5.69 Å². The van der Waals surface area contributed by atoms with Gasteiger partial charge in [0.1, 0.15) is 5.01 Å². The van der Waals surface area contributed by atoms with Gasteiger partial charge in [-0.15, -0.1) is 11.3 Å². The number of nitro groups is 1. The van der Waals surface area contributed by atoms with Crippen LogP contribution in [-0.2, 0) is 0 Å². The minimum absolute atomic E-state index is 0.0554. The summed E-state index contributed by atoms with van der Waals surface area (Å²) < 4.78 is 0. The normalized spacial score (nSPS) is 10.5. The lowest BCUT2D eigenvalue weighted by Crippen LogP contribution is -1.88. The molecule has 4 nitrogen and oxygen atoms in total. The van der Waals surface area contributed by atoms with Gasteiger partial charge in [0.2, 0.25) is 0 Å². The highest BCUT2D eigenvalue weighted by atomic mass is 35.5. The number of nitro benzene ring substituents is 1. The van der Waals surface area contributed by atoms with Crippen molar-refractivity contribution in [1.29, 1.82) is 0 Å². The Bertz CT molecular complexity index is 817. The summed E-state index contributed by atoms with van der Waals surface area (Å²) in [5, 5.41) is 14.1. The second-order valence-corrected chi connectivity index (χ2v) is 5.59. The van der Waals surface area contributed by atoms with Gasteiger partial charge in [0.15, 0.2) is 0 Å². The molecule has 0 fully saturated rings. The van der Waals surface area contributed by atoms with Gasteiger partial charge in [-0.1, -0.05) is 41.9 Å². The molecule has 104 valence electrons. The van der Waals surface area contributed by atoms with Crippen LogP contribution < -0.4 is 0 Å². The van der Waals surface area contributed by atoms with Crippen LogP contribution in [0.4, 0.5) is 5.69 Å². The van der Waals surface area contributed by atoms with Gasteiger partial charge in [0.05, 0.1) is 15.6 Å². The Morgan fingerprint density at radius 3 is 2.71 bits per heavy atom. The molecule has 0 saturated heterocycles. The number of aromatic nitrogens is 1. The number of hydrogen-bond acceptors (Lipinski definition) is 4. The van der Waals surface area contributed by atoms with Crippen molar-refractivity contribution in [2.75, 3.05) is 0 Å². The third kappa shape index (κ3) is 2.79. The van der Waals surface area contributed by atoms with Gasteiger partial charge in [0, 0.05) is 28.6 Å². The van der Waals surface area contributed by atoms with Crippen LogP contribution in [-0.4, -0.2) is 9.91 Å². The van der Waals surface area contributed by atoms with Crippen LogP contribution in [0.25, 0.3) is 21.8 Å². The van der Waals surface area contributed by atoms with Crippen molar-refractivity contribution in [1.82, 2.24) is 4.98 Å². The SMILES string of the molecule is O=[N+]([O-])c1cccc(-c2csc(-c3ccccc3Cl)n2)c1. The van der Waals surface area contributed by atoms with Crippen LogP contribution in [0.3, 0.4) is 0 Å². The van der Waals surface area contributed by atoms with Crippen LogP contribution in [0, 0.1) is 10.1 Å². The van der Waals surface area contributed by atoms with Crippen molar-refractivity contribution >= 4 is 28.6 Å². The third-order valence-corrected chi connectivity index (χ3v) is 4.17. The molecule has 0 N–H and O–H groups in total. The molecule has 2 aromatic carbocycles. The molecule has 0 saturated carbocycles.